The van der Waals surface area contributed by atoms with E-state index in [1.54, 1.807) is 6.07 Å². The highest BCUT2D eigenvalue weighted by Gasteiger charge is 2.10. The third-order valence-corrected chi connectivity index (χ3v) is 2.48. The highest BCUT2D eigenvalue weighted by Crippen LogP contribution is 2.33. The molecule has 0 aliphatic carbocycles. The molecule has 7 heteroatoms. The van der Waals surface area contributed by atoms with Gasteiger partial charge in [0.25, 0.3) is 0 Å². The van der Waals surface area contributed by atoms with Crippen molar-refractivity contribution < 1.29 is 19.4 Å². The van der Waals surface area contributed by atoms with E-state index in [2.05, 4.69) is 5.32 Å². The van der Waals surface area contributed by atoms with E-state index in [4.69, 9.17) is 15.2 Å². The summed E-state index contributed by atoms with van der Waals surface area (Å²) in [5, 5.41) is 12.3. The molecule has 0 bridgehead atoms. The lowest BCUT2D eigenvalue weighted by Crippen LogP contribution is -2.31. The van der Waals surface area contributed by atoms with Crippen LogP contribution in [-0.4, -0.2) is 38.3 Å². The SMILES string of the molecule is COc1cc(CCNC(=O)CN)c(OC)cc1O.Cl. The number of rotatable bonds is 6. The summed E-state index contributed by atoms with van der Waals surface area (Å²) in [6, 6.07) is 3.17. The maximum absolute atomic E-state index is 11.0. The fraction of sp³-hybridized carbons (Fsp3) is 0.417. The molecular weight excluding hydrogens is 272 g/mol. The predicted molar refractivity (Wildman–Crippen MR) is 74.2 cm³/mol. The van der Waals surface area contributed by atoms with Crippen LogP contribution in [0.3, 0.4) is 0 Å². The van der Waals surface area contributed by atoms with Crippen molar-refractivity contribution in [1.29, 1.82) is 0 Å². The van der Waals surface area contributed by atoms with Crippen molar-refractivity contribution in [3.05, 3.63) is 17.7 Å². The Hall–Kier alpha value is -1.66. The van der Waals surface area contributed by atoms with Gasteiger partial charge in [0.1, 0.15) is 5.75 Å². The van der Waals surface area contributed by atoms with Crippen LogP contribution in [0.4, 0.5) is 0 Å². The zero-order valence-electron chi connectivity index (χ0n) is 10.9. The van der Waals surface area contributed by atoms with Crippen molar-refractivity contribution in [3.63, 3.8) is 0 Å². The summed E-state index contributed by atoms with van der Waals surface area (Å²) < 4.78 is 10.2. The number of halogens is 1. The second kappa shape index (κ2) is 8.44. The second-order valence-electron chi connectivity index (χ2n) is 3.64. The van der Waals surface area contributed by atoms with Gasteiger partial charge in [0, 0.05) is 12.6 Å². The first-order valence-electron chi connectivity index (χ1n) is 5.53. The van der Waals surface area contributed by atoms with Gasteiger partial charge in [-0.1, -0.05) is 0 Å². The zero-order valence-corrected chi connectivity index (χ0v) is 11.8. The Morgan fingerprint density at radius 1 is 1.32 bits per heavy atom. The van der Waals surface area contributed by atoms with Gasteiger partial charge in [-0.2, -0.15) is 0 Å². The van der Waals surface area contributed by atoms with E-state index in [1.807, 2.05) is 0 Å². The molecule has 1 aromatic rings. The third kappa shape index (κ3) is 4.84. The number of hydrogen-bond donors (Lipinski definition) is 3. The molecule has 0 radical (unpaired) electrons. The van der Waals surface area contributed by atoms with Crippen molar-refractivity contribution in [3.8, 4) is 17.2 Å². The Balaban J connectivity index is 0.00000324. The van der Waals surface area contributed by atoms with Gasteiger partial charge < -0.3 is 25.6 Å². The summed E-state index contributed by atoms with van der Waals surface area (Å²) in [5.41, 5.74) is 6.02. The van der Waals surface area contributed by atoms with Crippen LogP contribution in [0.25, 0.3) is 0 Å². The molecule has 0 heterocycles. The van der Waals surface area contributed by atoms with E-state index < -0.39 is 0 Å². The van der Waals surface area contributed by atoms with Crippen LogP contribution in [-0.2, 0) is 11.2 Å². The molecule has 108 valence electrons. The van der Waals surface area contributed by atoms with Crippen LogP contribution in [0, 0.1) is 0 Å². The van der Waals surface area contributed by atoms with E-state index in [0.717, 1.165) is 5.56 Å². The maximum Gasteiger partial charge on any atom is 0.233 e. The number of nitrogens with one attached hydrogen (secondary N) is 1. The zero-order chi connectivity index (χ0) is 13.5. The summed E-state index contributed by atoms with van der Waals surface area (Å²) in [6.45, 7) is 0.413. The lowest BCUT2D eigenvalue weighted by molar-refractivity contribution is -0.119. The van der Waals surface area contributed by atoms with Gasteiger partial charge in [-0.25, -0.2) is 0 Å². The topological polar surface area (TPSA) is 93.8 Å². The highest BCUT2D eigenvalue weighted by molar-refractivity contribution is 5.85. The van der Waals surface area contributed by atoms with E-state index in [9.17, 15) is 9.90 Å². The van der Waals surface area contributed by atoms with Crippen LogP contribution < -0.4 is 20.5 Å². The Kier molecular flexibility index (Phi) is 7.71. The summed E-state index contributed by atoms with van der Waals surface area (Å²) in [7, 11) is 2.99. The summed E-state index contributed by atoms with van der Waals surface area (Å²) in [5.74, 6) is 0.732. The minimum Gasteiger partial charge on any atom is -0.504 e. The molecule has 0 fully saturated rings. The van der Waals surface area contributed by atoms with Gasteiger partial charge in [-0.15, -0.1) is 12.4 Å². The average Bonchev–Trinajstić information content (AvgIpc) is 2.39. The number of carbonyl (C=O) groups excluding carboxylic acids is 1. The molecule has 0 aliphatic heterocycles. The summed E-state index contributed by atoms with van der Waals surface area (Å²) in [4.78, 5) is 11.0. The van der Waals surface area contributed by atoms with Gasteiger partial charge in [0.2, 0.25) is 5.91 Å². The lowest BCUT2D eigenvalue weighted by Gasteiger charge is -2.12. The van der Waals surface area contributed by atoms with Crippen LogP contribution in [0.2, 0.25) is 0 Å². The van der Waals surface area contributed by atoms with E-state index >= 15 is 0 Å². The van der Waals surface area contributed by atoms with Crippen LogP contribution in [0.1, 0.15) is 5.56 Å². The molecule has 0 aliphatic rings. The number of nitrogens with two attached hydrogens (primary N) is 1. The van der Waals surface area contributed by atoms with Crippen molar-refractivity contribution in [2.75, 3.05) is 27.3 Å². The molecule has 1 rings (SSSR count). The maximum atomic E-state index is 11.0. The van der Waals surface area contributed by atoms with Crippen molar-refractivity contribution in [2.24, 2.45) is 5.73 Å². The normalized spacial score (nSPS) is 9.42. The molecule has 0 aromatic heterocycles. The first-order chi connectivity index (χ1) is 8.62. The van der Waals surface area contributed by atoms with Crippen LogP contribution in [0.15, 0.2) is 12.1 Å². The third-order valence-electron chi connectivity index (χ3n) is 2.48. The van der Waals surface area contributed by atoms with E-state index in [1.165, 1.54) is 20.3 Å². The smallest absolute Gasteiger partial charge is 0.233 e. The van der Waals surface area contributed by atoms with Crippen molar-refractivity contribution in [2.45, 2.75) is 6.42 Å². The molecule has 4 N–H and O–H groups in total. The van der Waals surface area contributed by atoms with Gasteiger partial charge in [-0.3, -0.25) is 4.79 Å². The molecular formula is C12H19ClN2O4. The van der Waals surface area contributed by atoms with Crippen molar-refractivity contribution >= 4 is 18.3 Å². The standard InChI is InChI=1S/C12H18N2O4.ClH/c1-17-10-6-9(15)11(18-2)5-8(10)3-4-14-12(16)7-13;/h5-6,15H,3-4,7,13H2,1-2H3,(H,14,16);1H. The van der Waals surface area contributed by atoms with E-state index in [0.29, 0.717) is 24.5 Å². The number of phenolic OH excluding ortho intramolecular Hbond substituents is 1. The van der Waals surface area contributed by atoms with Crippen LogP contribution >= 0.6 is 12.4 Å². The van der Waals surface area contributed by atoms with Gasteiger partial charge >= 0.3 is 0 Å². The largest absolute Gasteiger partial charge is 0.504 e. The lowest BCUT2D eigenvalue weighted by atomic mass is 10.1. The fourth-order valence-electron chi connectivity index (χ4n) is 1.55. The summed E-state index contributed by atoms with van der Waals surface area (Å²) >= 11 is 0. The first-order valence-corrected chi connectivity index (χ1v) is 5.53. The summed E-state index contributed by atoms with van der Waals surface area (Å²) in [6.07, 6.45) is 0.561. The molecule has 1 aromatic carbocycles. The number of hydrogen-bond acceptors (Lipinski definition) is 5. The van der Waals surface area contributed by atoms with Crippen molar-refractivity contribution in [1.82, 2.24) is 5.32 Å². The molecule has 0 saturated heterocycles. The minimum absolute atomic E-state index is 0. The average molecular weight is 291 g/mol. The molecule has 0 unspecified atom stereocenters. The number of benzene rings is 1. The second-order valence-corrected chi connectivity index (χ2v) is 3.64. The number of amides is 1. The number of carbonyl (C=O) groups is 1. The molecule has 19 heavy (non-hydrogen) atoms. The molecule has 1 amide bonds. The molecule has 0 saturated carbocycles. The monoisotopic (exact) mass is 290 g/mol. The van der Waals surface area contributed by atoms with Gasteiger partial charge in [0.05, 0.1) is 20.8 Å². The first kappa shape index (κ1) is 17.3. The van der Waals surface area contributed by atoms with Crippen LogP contribution in [0.5, 0.6) is 17.2 Å². The predicted octanol–water partition coefficient (Wildman–Crippen LogP) is 0.449. The van der Waals surface area contributed by atoms with Gasteiger partial charge in [-0.05, 0) is 18.1 Å². The quantitative estimate of drug-likeness (QED) is 0.707. The molecule has 0 atom stereocenters. The number of aromatic hydroxyl groups is 1. The van der Waals surface area contributed by atoms with Gasteiger partial charge in [0.15, 0.2) is 11.5 Å². The Bertz CT molecular complexity index is 426. The highest BCUT2D eigenvalue weighted by atomic mass is 35.5. The fourth-order valence-corrected chi connectivity index (χ4v) is 1.55. The minimum atomic E-state index is -0.209. The Morgan fingerprint density at radius 3 is 2.47 bits per heavy atom. The Labute approximate surface area is 118 Å². The Morgan fingerprint density at radius 2 is 1.95 bits per heavy atom. The number of ether oxygens (including phenoxy) is 2. The molecule has 6 nitrogen and oxygen atoms in total. The van der Waals surface area contributed by atoms with E-state index in [-0.39, 0.29) is 30.6 Å². The number of methoxy groups -OCH3 is 2. The number of phenols is 1. The molecule has 0 spiro atoms.